The number of benzene rings is 1. The second-order valence-electron chi connectivity index (χ2n) is 7.30. The highest BCUT2D eigenvalue weighted by Gasteiger charge is 2.37. The molecule has 0 spiro atoms. The molecule has 2 rings (SSSR count). The van der Waals surface area contributed by atoms with Gasteiger partial charge in [-0.1, -0.05) is 32.4 Å². The van der Waals surface area contributed by atoms with Crippen LogP contribution in [0.4, 0.5) is 0 Å². The molecular weight excluding hydrogens is 300 g/mol. The Morgan fingerprint density at radius 2 is 2.08 bits per heavy atom. The lowest BCUT2D eigenvalue weighted by molar-refractivity contribution is 0.1000. The summed E-state index contributed by atoms with van der Waals surface area (Å²) < 4.78 is 0. The Morgan fingerprint density at radius 1 is 1.33 bits per heavy atom. The quantitative estimate of drug-likeness (QED) is 0.531. The Hall–Kier alpha value is -2.04. The van der Waals surface area contributed by atoms with E-state index in [9.17, 15) is 4.79 Å². The number of carbonyl (C=O) groups is 1. The number of rotatable bonds is 7. The Labute approximate surface area is 145 Å². The van der Waals surface area contributed by atoms with Crippen molar-refractivity contribution in [3.8, 4) is 0 Å². The zero-order valence-electron chi connectivity index (χ0n) is 15.1. The van der Waals surface area contributed by atoms with Crippen molar-refractivity contribution in [2.24, 2.45) is 22.1 Å². The van der Waals surface area contributed by atoms with Crippen molar-refractivity contribution < 1.29 is 4.79 Å². The number of nitrogens with one attached hydrogen (secondary N) is 2. The van der Waals surface area contributed by atoms with Crippen LogP contribution in [0.5, 0.6) is 0 Å². The average Bonchev–Trinajstić information content (AvgIpc) is 2.52. The van der Waals surface area contributed by atoms with E-state index in [1.165, 1.54) is 25.7 Å². The van der Waals surface area contributed by atoms with E-state index in [2.05, 4.69) is 29.5 Å². The van der Waals surface area contributed by atoms with Crippen molar-refractivity contribution >= 4 is 11.9 Å². The van der Waals surface area contributed by atoms with Crippen LogP contribution in [0.2, 0.25) is 0 Å². The molecule has 0 bridgehead atoms. The first-order valence-corrected chi connectivity index (χ1v) is 8.77. The largest absolute Gasteiger partial charge is 0.366 e. The fourth-order valence-corrected chi connectivity index (χ4v) is 3.51. The molecule has 1 fully saturated rings. The number of hydrogen-bond donors (Lipinski definition) is 3. The van der Waals surface area contributed by atoms with Gasteiger partial charge in [0.05, 0.1) is 0 Å². The summed E-state index contributed by atoms with van der Waals surface area (Å²) in [5.41, 5.74) is 7.29. The average molecular weight is 330 g/mol. The Morgan fingerprint density at radius 3 is 2.62 bits per heavy atom. The van der Waals surface area contributed by atoms with E-state index in [1.54, 1.807) is 13.1 Å². The standard InChI is InChI=1S/C19H30N4O/c1-14(2)11-19(8-5-9-19)13-23-18(21-3)22-12-15-6-4-7-16(10-15)17(20)24/h4,6-7,10,14H,5,8-9,11-13H2,1-3H3,(H2,20,24)(H2,21,22,23). The lowest BCUT2D eigenvalue weighted by atomic mass is 9.64. The van der Waals surface area contributed by atoms with Crippen LogP contribution in [0.3, 0.4) is 0 Å². The van der Waals surface area contributed by atoms with Crippen LogP contribution < -0.4 is 16.4 Å². The van der Waals surface area contributed by atoms with E-state index in [0.29, 0.717) is 17.5 Å². The smallest absolute Gasteiger partial charge is 0.248 e. The van der Waals surface area contributed by atoms with Gasteiger partial charge in [0.2, 0.25) is 5.91 Å². The number of hydrogen-bond acceptors (Lipinski definition) is 2. The van der Waals surface area contributed by atoms with Gasteiger partial charge >= 0.3 is 0 Å². The summed E-state index contributed by atoms with van der Waals surface area (Å²) in [6.07, 6.45) is 5.20. The third-order valence-corrected chi connectivity index (χ3v) is 4.78. The van der Waals surface area contributed by atoms with Crippen molar-refractivity contribution in [3.63, 3.8) is 0 Å². The molecule has 0 heterocycles. The van der Waals surface area contributed by atoms with Crippen LogP contribution in [-0.2, 0) is 6.54 Å². The molecular formula is C19H30N4O. The summed E-state index contributed by atoms with van der Waals surface area (Å²) in [6.45, 7) is 6.15. The number of nitrogens with zero attached hydrogens (tertiary/aromatic N) is 1. The van der Waals surface area contributed by atoms with E-state index < -0.39 is 5.91 Å². The Bertz CT molecular complexity index is 591. The molecule has 5 nitrogen and oxygen atoms in total. The van der Waals surface area contributed by atoms with E-state index in [-0.39, 0.29) is 0 Å². The van der Waals surface area contributed by atoms with Crippen LogP contribution in [0.25, 0.3) is 0 Å². The Kier molecular flexibility index (Phi) is 6.23. The first kappa shape index (κ1) is 18.3. The molecule has 0 unspecified atom stereocenters. The Balaban J connectivity index is 1.86. The molecule has 1 aliphatic carbocycles. The topological polar surface area (TPSA) is 79.5 Å². The SMILES string of the molecule is CN=C(NCc1cccc(C(N)=O)c1)NCC1(CC(C)C)CCC1. The molecule has 4 N–H and O–H groups in total. The molecule has 0 aromatic heterocycles. The number of guanidine groups is 1. The van der Waals surface area contributed by atoms with E-state index in [4.69, 9.17) is 5.73 Å². The summed E-state index contributed by atoms with van der Waals surface area (Å²) in [5.74, 6) is 1.12. The lowest BCUT2D eigenvalue weighted by Crippen LogP contribution is -2.46. The molecule has 1 aromatic rings. The number of nitrogens with two attached hydrogens (primary N) is 1. The fourth-order valence-electron chi connectivity index (χ4n) is 3.51. The van der Waals surface area contributed by atoms with E-state index in [0.717, 1.165) is 24.0 Å². The van der Waals surface area contributed by atoms with Gasteiger partial charge in [-0.2, -0.15) is 0 Å². The van der Waals surface area contributed by atoms with Crippen molar-refractivity contribution in [1.82, 2.24) is 10.6 Å². The molecule has 0 atom stereocenters. The third kappa shape index (κ3) is 4.98. The highest BCUT2D eigenvalue weighted by molar-refractivity contribution is 5.92. The van der Waals surface area contributed by atoms with Crippen molar-refractivity contribution in [1.29, 1.82) is 0 Å². The number of amides is 1. The fraction of sp³-hybridized carbons (Fsp3) is 0.579. The van der Waals surface area contributed by atoms with Gasteiger partial charge in [0.25, 0.3) is 0 Å². The van der Waals surface area contributed by atoms with Crippen LogP contribution in [-0.4, -0.2) is 25.5 Å². The molecule has 0 radical (unpaired) electrons. The van der Waals surface area contributed by atoms with Crippen LogP contribution in [0.15, 0.2) is 29.3 Å². The minimum Gasteiger partial charge on any atom is -0.366 e. The van der Waals surface area contributed by atoms with Gasteiger partial charge < -0.3 is 16.4 Å². The number of primary amides is 1. The molecule has 1 aromatic carbocycles. The minimum atomic E-state index is -0.403. The van der Waals surface area contributed by atoms with Gasteiger partial charge in [0, 0.05) is 25.7 Å². The van der Waals surface area contributed by atoms with Gasteiger partial charge in [-0.25, -0.2) is 0 Å². The predicted octanol–water partition coefficient (Wildman–Crippen LogP) is 2.67. The van der Waals surface area contributed by atoms with Gasteiger partial charge in [-0.05, 0) is 48.3 Å². The van der Waals surface area contributed by atoms with Crippen molar-refractivity contribution in [3.05, 3.63) is 35.4 Å². The first-order chi connectivity index (χ1) is 11.4. The number of carbonyl (C=O) groups excluding carboxylic acids is 1. The minimum absolute atomic E-state index is 0.403. The summed E-state index contributed by atoms with van der Waals surface area (Å²) in [5, 5.41) is 6.79. The second-order valence-corrected chi connectivity index (χ2v) is 7.30. The predicted molar refractivity (Wildman–Crippen MR) is 98.9 cm³/mol. The first-order valence-electron chi connectivity index (χ1n) is 8.77. The zero-order valence-corrected chi connectivity index (χ0v) is 15.1. The second kappa shape index (κ2) is 8.18. The molecule has 1 saturated carbocycles. The van der Waals surface area contributed by atoms with Gasteiger partial charge in [-0.3, -0.25) is 9.79 Å². The van der Waals surface area contributed by atoms with Crippen LogP contribution >= 0.6 is 0 Å². The monoisotopic (exact) mass is 330 g/mol. The van der Waals surface area contributed by atoms with Gasteiger partial charge in [0.1, 0.15) is 0 Å². The maximum Gasteiger partial charge on any atom is 0.248 e. The molecule has 132 valence electrons. The number of aliphatic imine (C=N–C) groups is 1. The molecule has 0 saturated heterocycles. The molecule has 0 aliphatic heterocycles. The highest BCUT2D eigenvalue weighted by Crippen LogP contribution is 2.45. The van der Waals surface area contributed by atoms with Gasteiger partial charge in [-0.15, -0.1) is 0 Å². The highest BCUT2D eigenvalue weighted by atomic mass is 16.1. The van der Waals surface area contributed by atoms with E-state index in [1.807, 2.05) is 18.2 Å². The normalized spacial score (nSPS) is 16.6. The van der Waals surface area contributed by atoms with E-state index >= 15 is 0 Å². The third-order valence-electron chi connectivity index (χ3n) is 4.78. The molecule has 5 heteroatoms. The van der Waals surface area contributed by atoms with Crippen LogP contribution in [0.1, 0.15) is 55.5 Å². The van der Waals surface area contributed by atoms with Crippen molar-refractivity contribution in [2.45, 2.75) is 46.1 Å². The molecule has 1 aliphatic rings. The molecule has 1 amide bonds. The van der Waals surface area contributed by atoms with Crippen LogP contribution in [0, 0.1) is 11.3 Å². The summed E-state index contributed by atoms with van der Waals surface area (Å²) in [4.78, 5) is 15.6. The van der Waals surface area contributed by atoms with Gasteiger partial charge in [0.15, 0.2) is 5.96 Å². The summed E-state index contributed by atoms with van der Waals surface area (Å²) >= 11 is 0. The lowest BCUT2D eigenvalue weighted by Gasteiger charge is -2.43. The summed E-state index contributed by atoms with van der Waals surface area (Å²) in [7, 11) is 1.78. The maximum absolute atomic E-state index is 11.3. The van der Waals surface area contributed by atoms with Crippen molar-refractivity contribution in [2.75, 3.05) is 13.6 Å². The maximum atomic E-state index is 11.3. The summed E-state index contributed by atoms with van der Waals surface area (Å²) in [6, 6.07) is 7.36. The zero-order chi connectivity index (χ0) is 17.6. The molecule has 24 heavy (non-hydrogen) atoms.